The maximum absolute atomic E-state index is 11.8. The first kappa shape index (κ1) is 16.2. The Morgan fingerprint density at radius 1 is 1.18 bits per heavy atom. The molecule has 0 spiro atoms. The monoisotopic (exact) mass is 318 g/mol. The molecule has 2 aromatic rings. The summed E-state index contributed by atoms with van der Waals surface area (Å²) in [6.45, 7) is 3.83. The van der Waals surface area contributed by atoms with Crippen LogP contribution in [0.4, 0.5) is 5.69 Å². The van der Waals surface area contributed by atoms with Crippen LogP contribution in [0, 0.1) is 13.8 Å². The summed E-state index contributed by atoms with van der Waals surface area (Å²) < 4.78 is 0. The summed E-state index contributed by atoms with van der Waals surface area (Å²) >= 11 is 1.40. The van der Waals surface area contributed by atoms with E-state index in [0.717, 1.165) is 16.0 Å². The molecule has 1 aromatic carbocycles. The first-order valence-electron chi connectivity index (χ1n) is 6.84. The van der Waals surface area contributed by atoms with Crippen molar-refractivity contribution >= 4 is 28.8 Å². The molecular weight excluding hydrogens is 300 g/mol. The zero-order valence-corrected chi connectivity index (χ0v) is 13.2. The molecule has 1 aromatic heterocycles. The Bertz CT molecular complexity index is 648. The average Bonchev–Trinajstić information content (AvgIpc) is 2.97. The Kier molecular flexibility index (Phi) is 5.30. The van der Waals surface area contributed by atoms with Crippen molar-refractivity contribution in [1.29, 1.82) is 0 Å². The molecule has 3 N–H and O–H groups in total. The third-order valence-electron chi connectivity index (χ3n) is 3.01. The lowest BCUT2D eigenvalue weighted by atomic mass is 10.1. The van der Waals surface area contributed by atoms with E-state index in [1.807, 2.05) is 31.4 Å². The van der Waals surface area contributed by atoms with Crippen molar-refractivity contribution in [2.75, 3.05) is 11.9 Å². The molecule has 1 unspecified atom stereocenters. The number of hydrogen-bond donors (Lipinski definition) is 3. The van der Waals surface area contributed by atoms with Crippen LogP contribution in [-0.4, -0.2) is 23.5 Å². The van der Waals surface area contributed by atoms with Gasteiger partial charge in [0.15, 0.2) is 0 Å². The predicted molar refractivity (Wildman–Crippen MR) is 86.8 cm³/mol. The highest BCUT2D eigenvalue weighted by Crippen LogP contribution is 2.17. The highest BCUT2D eigenvalue weighted by Gasteiger charge is 2.16. The number of aliphatic hydroxyl groups is 1. The van der Waals surface area contributed by atoms with Crippen LogP contribution < -0.4 is 10.6 Å². The van der Waals surface area contributed by atoms with Gasteiger partial charge in [-0.1, -0.05) is 12.1 Å². The van der Waals surface area contributed by atoms with E-state index in [9.17, 15) is 14.7 Å². The lowest BCUT2D eigenvalue weighted by molar-refractivity contribution is -0.136. The number of benzene rings is 1. The summed E-state index contributed by atoms with van der Waals surface area (Å²) in [7, 11) is 0. The molecule has 1 heterocycles. The number of rotatable bonds is 4. The van der Waals surface area contributed by atoms with Gasteiger partial charge < -0.3 is 15.7 Å². The van der Waals surface area contributed by atoms with E-state index in [2.05, 4.69) is 10.6 Å². The van der Waals surface area contributed by atoms with Gasteiger partial charge in [-0.25, -0.2) is 0 Å². The van der Waals surface area contributed by atoms with Crippen molar-refractivity contribution < 1.29 is 14.7 Å². The van der Waals surface area contributed by atoms with Crippen LogP contribution in [0.1, 0.15) is 22.1 Å². The van der Waals surface area contributed by atoms with Crippen molar-refractivity contribution in [1.82, 2.24) is 5.32 Å². The third-order valence-corrected chi connectivity index (χ3v) is 3.99. The number of thiophene rings is 1. The van der Waals surface area contributed by atoms with E-state index in [1.54, 1.807) is 18.2 Å². The van der Waals surface area contributed by atoms with E-state index in [1.165, 1.54) is 11.3 Å². The normalized spacial score (nSPS) is 11.8. The van der Waals surface area contributed by atoms with Gasteiger partial charge >= 0.3 is 11.8 Å². The fourth-order valence-corrected chi connectivity index (χ4v) is 2.80. The van der Waals surface area contributed by atoms with Crippen LogP contribution in [0.5, 0.6) is 0 Å². The van der Waals surface area contributed by atoms with Crippen molar-refractivity contribution in [3.63, 3.8) is 0 Å². The van der Waals surface area contributed by atoms with Crippen LogP contribution in [0.2, 0.25) is 0 Å². The number of amides is 2. The molecule has 0 bridgehead atoms. The standard InChI is InChI=1S/C16H18N2O3S/c1-10-6-11(2)8-12(7-10)18-16(21)15(20)17-9-13(19)14-4-3-5-22-14/h3-8,13,19H,9H2,1-2H3,(H,17,20)(H,18,21). The summed E-state index contributed by atoms with van der Waals surface area (Å²) in [5, 5.41) is 16.7. The number of anilines is 1. The topological polar surface area (TPSA) is 78.4 Å². The minimum atomic E-state index is -0.807. The van der Waals surface area contributed by atoms with Crippen LogP contribution in [0.25, 0.3) is 0 Å². The number of aliphatic hydroxyl groups excluding tert-OH is 1. The molecule has 0 aliphatic rings. The zero-order valence-electron chi connectivity index (χ0n) is 12.4. The summed E-state index contributed by atoms with van der Waals surface area (Å²) in [4.78, 5) is 24.3. The van der Waals surface area contributed by atoms with Gasteiger partial charge in [0.05, 0.1) is 0 Å². The fraction of sp³-hybridized carbons (Fsp3) is 0.250. The van der Waals surface area contributed by atoms with E-state index >= 15 is 0 Å². The maximum Gasteiger partial charge on any atom is 0.313 e. The van der Waals surface area contributed by atoms with Crippen molar-refractivity contribution in [3.05, 3.63) is 51.7 Å². The molecule has 0 aliphatic carbocycles. The molecule has 6 heteroatoms. The van der Waals surface area contributed by atoms with Gasteiger partial charge in [-0.3, -0.25) is 9.59 Å². The number of hydrogen-bond acceptors (Lipinski definition) is 4. The number of carbonyl (C=O) groups is 2. The van der Waals surface area contributed by atoms with Gasteiger partial charge in [0.25, 0.3) is 0 Å². The van der Waals surface area contributed by atoms with Gasteiger partial charge in [0, 0.05) is 17.1 Å². The molecular formula is C16H18N2O3S. The van der Waals surface area contributed by atoms with Gasteiger partial charge in [-0.2, -0.15) is 0 Å². The largest absolute Gasteiger partial charge is 0.386 e. The second-order valence-electron chi connectivity index (χ2n) is 5.07. The molecule has 5 nitrogen and oxygen atoms in total. The van der Waals surface area contributed by atoms with Gasteiger partial charge in [0.1, 0.15) is 6.10 Å². The van der Waals surface area contributed by atoms with Gasteiger partial charge in [-0.15, -0.1) is 11.3 Å². The van der Waals surface area contributed by atoms with E-state index < -0.39 is 17.9 Å². The predicted octanol–water partition coefficient (Wildman–Crippen LogP) is 2.15. The smallest absolute Gasteiger partial charge is 0.313 e. The third kappa shape index (κ3) is 4.41. The molecule has 0 aliphatic heterocycles. The van der Waals surface area contributed by atoms with Gasteiger partial charge in [-0.05, 0) is 48.6 Å². The first-order valence-corrected chi connectivity index (χ1v) is 7.72. The molecule has 1 atom stereocenters. The van der Waals surface area contributed by atoms with Crippen molar-refractivity contribution in [2.24, 2.45) is 0 Å². The zero-order chi connectivity index (χ0) is 16.1. The SMILES string of the molecule is Cc1cc(C)cc(NC(=O)C(=O)NCC(O)c2cccs2)c1. The summed E-state index contributed by atoms with van der Waals surface area (Å²) in [6.07, 6.45) is -0.807. The number of aryl methyl sites for hydroxylation is 2. The second kappa shape index (κ2) is 7.20. The molecule has 0 fully saturated rings. The van der Waals surface area contributed by atoms with Crippen molar-refractivity contribution in [3.8, 4) is 0 Å². The quantitative estimate of drug-likeness (QED) is 0.756. The first-order chi connectivity index (χ1) is 10.5. The Morgan fingerprint density at radius 2 is 1.86 bits per heavy atom. The van der Waals surface area contributed by atoms with E-state index in [-0.39, 0.29) is 6.54 Å². The highest BCUT2D eigenvalue weighted by molar-refractivity contribution is 7.10. The summed E-state index contributed by atoms with van der Waals surface area (Å²) in [6, 6.07) is 9.15. The molecule has 0 radical (unpaired) electrons. The highest BCUT2D eigenvalue weighted by atomic mass is 32.1. The molecule has 2 amide bonds. The van der Waals surface area contributed by atoms with E-state index in [4.69, 9.17) is 0 Å². The lowest BCUT2D eigenvalue weighted by Crippen LogP contribution is -2.37. The average molecular weight is 318 g/mol. The minimum Gasteiger partial charge on any atom is -0.386 e. The number of nitrogens with one attached hydrogen (secondary N) is 2. The number of carbonyl (C=O) groups excluding carboxylic acids is 2. The molecule has 0 saturated heterocycles. The van der Waals surface area contributed by atoms with Crippen LogP contribution >= 0.6 is 11.3 Å². The minimum absolute atomic E-state index is 0.000385. The lowest BCUT2D eigenvalue weighted by Gasteiger charge is -2.11. The molecule has 0 saturated carbocycles. The summed E-state index contributed by atoms with van der Waals surface area (Å²) in [5.74, 6) is -1.52. The Hall–Kier alpha value is -2.18. The van der Waals surface area contributed by atoms with Crippen LogP contribution in [-0.2, 0) is 9.59 Å². The maximum atomic E-state index is 11.8. The van der Waals surface area contributed by atoms with Crippen molar-refractivity contribution in [2.45, 2.75) is 20.0 Å². The fourth-order valence-electron chi connectivity index (χ4n) is 2.09. The van der Waals surface area contributed by atoms with Gasteiger partial charge in [0.2, 0.25) is 0 Å². The molecule has 22 heavy (non-hydrogen) atoms. The molecule has 2 rings (SSSR count). The Labute approximate surface area is 133 Å². The van der Waals surface area contributed by atoms with Crippen LogP contribution in [0.15, 0.2) is 35.7 Å². The van der Waals surface area contributed by atoms with Crippen LogP contribution in [0.3, 0.4) is 0 Å². The Morgan fingerprint density at radius 3 is 2.45 bits per heavy atom. The summed E-state index contributed by atoms with van der Waals surface area (Å²) in [5.41, 5.74) is 2.59. The second-order valence-corrected chi connectivity index (χ2v) is 6.05. The van der Waals surface area contributed by atoms with E-state index in [0.29, 0.717) is 5.69 Å². The Balaban J connectivity index is 1.88. The molecule has 116 valence electrons.